The Morgan fingerprint density at radius 2 is 2.14 bits per heavy atom. The van der Waals surface area contributed by atoms with Crippen molar-refractivity contribution in [3.05, 3.63) is 58.8 Å². The summed E-state index contributed by atoms with van der Waals surface area (Å²) < 4.78 is 18.6. The van der Waals surface area contributed by atoms with Gasteiger partial charge < -0.3 is 14.8 Å². The molecule has 1 heterocycles. The third kappa shape index (κ3) is 4.43. The number of aliphatic hydroxyl groups excluding tert-OH is 1. The average molecular weight is 291 g/mol. The Balaban J connectivity index is 1.81. The van der Waals surface area contributed by atoms with Crippen molar-refractivity contribution in [2.45, 2.75) is 32.9 Å². The number of hydrogen-bond acceptors (Lipinski definition) is 3. The minimum Gasteiger partial charge on any atom is -0.466 e. The van der Waals surface area contributed by atoms with Crippen LogP contribution in [0.2, 0.25) is 0 Å². The number of carbonyl (C=O) groups excluding carboxylic acids is 1. The molecule has 5 heteroatoms. The molecule has 1 aromatic heterocycles. The third-order valence-corrected chi connectivity index (χ3v) is 3.16. The fourth-order valence-electron chi connectivity index (χ4n) is 2.00. The number of furan rings is 1. The van der Waals surface area contributed by atoms with E-state index in [2.05, 4.69) is 5.32 Å². The van der Waals surface area contributed by atoms with Crippen LogP contribution in [0.4, 0.5) is 4.39 Å². The van der Waals surface area contributed by atoms with Crippen LogP contribution in [-0.4, -0.2) is 11.0 Å². The van der Waals surface area contributed by atoms with Crippen molar-refractivity contribution in [1.29, 1.82) is 0 Å². The van der Waals surface area contributed by atoms with Gasteiger partial charge in [0.1, 0.15) is 17.3 Å². The van der Waals surface area contributed by atoms with Crippen molar-refractivity contribution >= 4 is 5.91 Å². The van der Waals surface area contributed by atoms with Gasteiger partial charge in [-0.3, -0.25) is 4.79 Å². The molecule has 4 nitrogen and oxygen atoms in total. The number of halogens is 1. The van der Waals surface area contributed by atoms with Gasteiger partial charge in [0.2, 0.25) is 5.91 Å². The summed E-state index contributed by atoms with van der Waals surface area (Å²) in [6, 6.07) is 8.15. The zero-order chi connectivity index (χ0) is 15.2. The lowest BCUT2D eigenvalue weighted by atomic mass is 10.1. The first-order chi connectivity index (χ1) is 10.1. The van der Waals surface area contributed by atoms with Crippen molar-refractivity contribution in [3.8, 4) is 0 Å². The monoisotopic (exact) mass is 291 g/mol. The van der Waals surface area contributed by atoms with E-state index in [1.165, 1.54) is 6.07 Å². The first-order valence-electron chi connectivity index (χ1n) is 6.78. The van der Waals surface area contributed by atoms with Crippen LogP contribution in [0.1, 0.15) is 29.1 Å². The maximum atomic E-state index is 13.2. The van der Waals surface area contributed by atoms with Crippen molar-refractivity contribution in [3.63, 3.8) is 0 Å². The van der Waals surface area contributed by atoms with Gasteiger partial charge in [0.25, 0.3) is 0 Å². The van der Waals surface area contributed by atoms with E-state index < -0.39 is 5.82 Å². The van der Waals surface area contributed by atoms with Gasteiger partial charge in [-0.1, -0.05) is 6.07 Å². The molecule has 21 heavy (non-hydrogen) atoms. The number of aliphatic hydroxyl groups is 1. The Labute approximate surface area is 122 Å². The second kappa shape index (κ2) is 7.04. The summed E-state index contributed by atoms with van der Waals surface area (Å²) in [5, 5.41) is 11.8. The van der Waals surface area contributed by atoms with Crippen molar-refractivity contribution in [1.82, 2.24) is 5.32 Å². The topological polar surface area (TPSA) is 62.5 Å². The van der Waals surface area contributed by atoms with Gasteiger partial charge in [0, 0.05) is 24.9 Å². The summed E-state index contributed by atoms with van der Waals surface area (Å²) in [6.45, 7) is 1.81. The average Bonchev–Trinajstić information content (AvgIpc) is 2.90. The minimum atomic E-state index is -0.444. The Hall–Kier alpha value is -2.14. The van der Waals surface area contributed by atoms with Gasteiger partial charge in [-0.25, -0.2) is 4.39 Å². The molecule has 0 unspecified atom stereocenters. The molecule has 2 aromatic rings. The molecule has 0 spiro atoms. The highest BCUT2D eigenvalue weighted by atomic mass is 19.1. The van der Waals surface area contributed by atoms with E-state index in [0.717, 1.165) is 17.1 Å². The van der Waals surface area contributed by atoms with Crippen LogP contribution >= 0.6 is 0 Å². The van der Waals surface area contributed by atoms with E-state index >= 15 is 0 Å². The molecular weight excluding hydrogens is 273 g/mol. The van der Waals surface area contributed by atoms with Gasteiger partial charge in [0.15, 0.2) is 0 Å². The Morgan fingerprint density at radius 3 is 2.81 bits per heavy atom. The van der Waals surface area contributed by atoms with Crippen LogP contribution in [0.3, 0.4) is 0 Å². The lowest BCUT2D eigenvalue weighted by Crippen LogP contribution is -2.23. The highest BCUT2D eigenvalue weighted by Gasteiger charge is 2.06. The number of hydrogen-bond donors (Lipinski definition) is 2. The Kier molecular flexibility index (Phi) is 5.11. The highest BCUT2D eigenvalue weighted by Crippen LogP contribution is 2.11. The van der Waals surface area contributed by atoms with Crippen LogP contribution in [-0.2, 0) is 24.4 Å². The van der Waals surface area contributed by atoms with E-state index in [1.54, 1.807) is 12.1 Å². The predicted molar refractivity (Wildman–Crippen MR) is 75.9 cm³/mol. The number of amides is 1. The normalized spacial score (nSPS) is 10.6. The van der Waals surface area contributed by atoms with E-state index in [4.69, 9.17) is 9.52 Å². The summed E-state index contributed by atoms with van der Waals surface area (Å²) in [7, 11) is 0. The molecule has 2 rings (SSSR count). The highest BCUT2D eigenvalue weighted by molar-refractivity contribution is 5.76. The maximum absolute atomic E-state index is 13.2. The summed E-state index contributed by atoms with van der Waals surface area (Å²) in [5.41, 5.74) is 0.982. The fraction of sp³-hybridized carbons (Fsp3) is 0.312. The minimum absolute atomic E-state index is 0.0982. The number of rotatable bonds is 6. The van der Waals surface area contributed by atoms with Crippen LogP contribution in [0.25, 0.3) is 0 Å². The first-order valence-corrected chi connectivity index (χ1v) is 6.78. The number of aryl methyl sites for hydroxylation is 2. The van der Waals surface area contributed by atoms with Crippen molar-refractivity contribution < 1.29 is 18.7 Å². The molecule has 0 aliphatic rings. The molecule has 1 amide bonds. The van der Waals surface area contributed by atoms with E-state index in [0.29, 0.717) is 19.4 Å². The lowest BCUT2D eigenvalue weighted by Gasteiger charge is -2.07. The second-order valence-corrected chi connectivity index (χ2v) is 4.87. The Morgan fingerprint density at radius 1 is 1.33 bits per heavy atom. The molecule has 0 saturated carbocycles. The molecule has 0 saturated heterocycles. The molecular formula is C16H18FNO3. The van der Waals surface area contributed by atoms with E-state index in [-0.39, 0.29) is 18.1 Å². The second-order valence-electron chi connectivity index (χ2n) is 4.87. The molecule has 1 aromatic carbocycles. The zero-order valence-electron chi connectivity index (χ0n) is 11.9. The smallest absolute Gasteiger partial charge is 0.220 e. The Bertz CT molecular complexity index is 622. The molecule has 2 N–H and O–H groups in total. The van der Waals surface area contributed by atoms with Gasteiger partial charge >= 0.3 is 0 Å². The largest absolute Gasteiger partial charge is 0.466 e. The van der Waals surface area contributed by atoms with Crippen LogP contribution in [0, 0.1) is 12.7 Å². The molecule has 0 aliphatic heterocycles. The zero-order valence-corrected chi connectivity index (χ0v) is 11.9. The molecule has 0 bridgehead atoms. The van der Waals surface area contributed by atoms with Crippen molar-refractivity contribution in [2.24, 2.45) is 0 Å². The number of carbonyl (C=O) groups is 1. The summed E-state index contributed by atoms with van der Waals surface area (Å²) >= 11 is 0. The quantitative estimate of drug-likeness (QED) is 0.859. The summed E-state index contributed by atoms with van der Waals surface area (Å²) in [5.74, 6) is 1.07. The third-order valence-electron chi connectivity index (χ3n) is 3.16. The van der Waals surface area contributed by atoms with Crippen molar-refractivity contribution in [2.75, 3.05) is 0 Å². The van der Waals surface area contributed by atoms with E-state index in [1.807, 2.05) is 19.1 Å². The van der Waals surface area contributed by atoms with Gasteiger partial charge in [-0.05, 0) is 36.8 Å². The first kappa shape index (κ1) is 15.3. The molecule has 112 valence electrons. The van der Waals surface area contributed by atoms with Gasteiger partial charge in [0.05, 0.1) is 6.61 Å². The van der Waals surface area contributed by atoms with Crippen LogP contribution in [0.5, 0.6) is 0 Å². The maximum Gasteiger partial charge on any atom is 0.220 e. The summed E-state index contributed by atoms with van der Waals surface area (Å²) in [6.07, 6.45) is 0.881. The van der Waals surface area contributed by atoms with Crippen LogP contribution in [0.15, 0.2) is 34.7 Å². The molecule has 0 atom stereocenters. The molecule has 0 radical (unpaired) electrons. The standard InChI is InChI=1S/C16H18FNO3/c1-11-2-4-14(21-11)5-7-16(20)18-9-12-3-6-15(17)13(8-12)10-19/h2-4,6,8,19H,5,7,9-10H2,1H3,(H,18,20). The lowest BCUT2D eigenvalue weighted by molar-refractivity contribution is -0.121. The van der Waals surface area contributed by atoms with Gasteiger partial charge in [-0.2, -0.15) is 0 Å². The number of benzene rings is 1. The molecule has 0 fully saturated rings. The van der Waals surface area contributed by atoms with Crippen LogP contribution < -0.4 is 5.32 Å². The number of nitrogens with one attached hydrogen (secondary N) is 1. The SMILES string of the molecule is Cc1ccc(CCC(=O)NCc2ccc(F)c(CO)c2)o1. The summed E-state index contributed by atoms with van der Waals surface area (Å²) in [4.78, 5) is 11.7. The van der Waals surface area contributed by atoms with Gasteiger partial charge in [-0.15, -0.1) is 0 Å². The predicted octanol–water partition coefficient (Wildman–Crippen LogP) is 2.47. The molecule has 0 aliphatic carbocycles. The fourth-order valence-corrected chi connectivity index (χ4v) is 2.00. The van der Waals surface area contributed by atoms with E-state index in [9.17, 15) is 9.18 Å².